The number of aryl methyl sites for hydroxylation is 1. The van der Waals surface area contributed by atoms with E-state index in [4.69, 9.17) is 9.15 Å². The Bertz CT molecular complexity index is 434. The lowest BCUT2D eigenvalue weighted by Crippen LogP contribution is -2.47. The van der Waals surface area contributed by atoms with Gasteiger partial charge >= 0.3 is 5.97 Å². The molecule has 1 fully saturated rings. The highest BCUT2D eigenvalue weighted by atomic mass is 16.5. The van der Waals surface area contributed by atoms with Gasteiger partial charge in [-0.25, -0.2) is 0 Å². The van der Waals surface area contributed by atoms with Crippen LogP contribution in [-0.4, -0.2) is 42.8 Å². The summed E-state index contributed by atoms with van der Waals surface area (Å²) in [6, 6.07) is 3.84. The predicted molar refractivity (Wildman–Crippen MR) is 69.9 cm³/mol. The maximum Gasteiger partial charge on any atom is 0.313 e. The first-order chi connectivity index (χ1) is 9.02. The van der Waals surface area contributed by atoms with E-state index in [0.717, 1.165) is 17.9 Å². The first-order valence-electron chi connectivity index (χ1n) is 6.57. The fourth-order valence-electron chi connectivity index (χ4n) is 2.62. The summed E-state index contributed by atoms with van der Waals surface area (Å²) in [5.74, 6) is 0.962. The van der Waals surface area contributed by atoms with Crippen LogP contribution in [0.1, 0.15) is 24.4 Å². The molecule has 0 saturated carbocycles. The van der Waals surface area contributed by atoms with Crippen LogP contribution in [0.2, 0.25) is 0 Å². The molecule has 1 unspecified atom stereocenters. The van der Waals surface area contributed by atoms with Gasteiger partial charge < -0.3 is 14.3 Å². The maximum absolute atomic E-state index is 11.5. The third kappa shape index (κ3) is 3.36. The molecule has 1 saturated heterocycles. The Labute approximate surface area is 113 Å². The number of nitrogens with zero attached hydrogens (tertiary/aromatic N) is 1. The van der Waals surface area contributed by atoms with Crippen molar-refractivity contribution in [1.82, 2.24) is 4.90 Å². The monoisotopic (exact) mass is 267 g/mol. The van der Waals surface area contributed by atoms with Crippen LogP contribution in [-0.2, 0) is 16.1 Å². The smallest absolute Gasteiger partial charge is 0.313 e. The summed E-state index contributed by atoms with van der Waals surface area (Å²) in [5, 5.41) is 9.48. The molecule has 0 bridgehead atoms. The van der Waals surface area contributed by atoms with E-state index in [1.165, 1.54) is 0 Å². The van der Waals surface area contributed by atoms with E-state index in [0.29, 0.717) is 32.7 Å². The number of furan rings is 1. The Morgan fingerprint density at radius 3 is 2.84 bits per heavy atom. The summed E-state index contributed by atoms with van der Waals surface area (Å²) in [7, 11) is 1.91. The van der Waals surface area contributed by atoms with Crippen LogP contribution in [0, 0.1) is 12.3 Å². The molecule has 2 rings (SSSR count). The molecule has 0 aliphatic carbocycles. The summed E-state index contributed by atoms with van der Waals surface area (Å²) >= 11 is 0. The predicted octanol–water partition coefficient (Wildman–Crippen LogP) is 1.90. The van der Waals surface area contributed by atoms with Gasteiger partial charge in [-0.05, 0) is 38.9 Å². The third-order valence-corrected chi connectivity index (χ3v) is 3.57. The lowest BCUT2D eigenvalue weighted by Gasteiger charge is -2.35. The van der Waals surface area contributed by atoms with Gasteiger partial charge in [-0.15, -0.1) is 0 Å². The molecule has 0 radical (unpaired) electrons. The Morgan fingerprint density at radius 1 is 1.53 bits per heavy atom. The normalized spacial score (nSPS) is 23.7. The highest BCUT2D eigenvalue weighted by Gasteiger charge is 2.41. The van der Waals surface area contributed by atoms with Crippen LogP contribution < -0.4 is 0 Å². The van der Waals surface area contributed by atoms with Gasteiger partial charge in [-0.3, -0.25) is 9.69 Å². The minimum atomic E-state index is -0.783. The zero-order valence-corrected chi connectivity index (χ0v) is 11.5. The minimum absolute atomic E-state index is 0.295. The SMILES string of the molecule is Cc1ccc(CN(C)CC2(C(=O)O)CCCOC2)o1. The van der Waals surface area contributed by atoms with Crippen molar-refractivity contribution in [2.75, 3.05) is 26.8 Å². The summed E-state index contributed by atoms with van der Waals surface area (Å²) in [6.07, 6.45) is 1.48. The second-order valence-electron chi connectivity index (χ2n) is 5.43. The van der Waals surface area contributed by atoms with Crippen LogP contribution in [0.5, 0.6) is 0 Å². The number of aliphatic carboxylic acids is 1. The molecule has 5 nitrogen and oxygen atoms in total. The molecule has 0 spiro atoms. The molecule has 1 atom stereocenters. The Morgan fingerprint density at radius 2 is 2.32 bits per heavy atom. The van der Waals surface area contributed by atoms with Crippen LogP contribution in [0.3, 0.4) is 0 Å². The standard InChI is InChI=1S/C14H21NO4/c1-11-4-5-12(19-11)8-15(2)9-14(13(16)17)6-3-7-18-10-14/h4-5H,3,6-10H2,1-2H3,(H,16,17). The second kappa shape index (κ2) is 5.75. The number of hydrogen-bond acceptors (Lipinski definition) is 4. The number of carboxylic acid groups (broad SMARTS) is 1. The van der Waals surface area contributed by atoms with Gasteiger partial charge in [-0.2, -0.15) is 0 Å². The van der Waals surface area contributed by atoms with Crippen LogP contribution in [0.25, 0.3) is 0 Å². The van der Waals surface area contributed by atoms with Gasteiger partial charge in [0.2, 0.25) is 0 Å². The highest BCUT2D eigenvalue weighted by molar-refractivity contribution is 5.75. The zero-order valence-electron chi connectivity index (χ0n) is 11.5. The third-order valence-electron chi connectivity index (χ3n) is 3.57. The van der Waals surface area contributed by atoms with Crippen LogP contribution in [0.15, 0.2) is 16.5 Å². The molecule has 0 amide bonds. The number of hydrogen-bond donors (Lipinski definition) is 1. The zero-order chi connectivity index (χ0) is 13.9. The molecule has 0 aromatic carbocycles. The fraction of sp³-hybridized carbons (Fsp3) is 0.643. The van der Waals surface area contributed by atoms with Crippen molar-refractivity contribution in [1.29, 1.82) is 0 Å². The van der Waals surface area contributed by atoms with E-state index in [9.17, 15) is 9.90 Å². The van der Waals surface area contributed by atoms with E-state index in [1.54, 1.807) is 0 Å². The first kappa shape index (κ1) is 14.1. The summed E-state index contributed by atoms with van der Waals surface area (Å²) < 4.78 is 10.9. The minimum Gasteiger partial charge on any atom is -0.481 e. The summed E-state index contributed by atoms with van der Waals surface area (Å²) in [5.41, 5.74) is -0.783. The van der Waals surface area contributed by atoms with Gasteiger partial charge in [0.1, 0.15) is 16.9 Å². The fourth-order valence-corrected chi connectivity index (χ4v) is 2.62. The summed E-state index contributed by atoms with van der Waals surface area (Å²) in [4.78, 5) is 13.5. The largest absolute Gasteiger partial charge is 0.481 e. The van der Waals surface area contributed by atoms with Crippen molar-refractivity contribution in [2.24, 2.45) is 5.41 Å². The van der Waals surface area contributed by atoms with E-state index >= 15 is 0 Å². The molecule has 2 heterocycles. The van der Waals surface area contributed by atoms with E-state index in [2.05, 4.69) is 0 Å². The van der Waals surface area contributed by atoms with Crippen LogP contribution in [0.4, 0.5) is 0 Å². The topological polar surface area (TPSA) is 62.9 Å². The quantitative estimate of drug-likeness (QED) is 0.882. The lowest BCUT2D eigenvalue weighted by molar-refractivity contribution is -0.159. The van der Waals surface area contributed by atoms with Gasteiger partial charge in [0.15, 0.2) is 0 Å². The Kier molecular flexibility index (Phi) is 4.27. The molecular formula is C14H21NO4. The number of rotatable bonds is 5. The van der Waals surface area contributed by atoms with Crippen molar-refractivity contribution in [2.45, 2.75) is 26.3 Å². The Hall–Kier alpha value is -1.33. The lowest BCUT2D eigenvalue weighted by atomic mass is 9.82. The van der Waals surface area contributed by atoms with Crippen LogP contribution >= 0.6 is 0 Å². The van der Waals surface area contributed by atoms with Crippen molar-refractivity contribution in [3.05, 3.63) is 23.7 Å². The number of carbonyl (C=O) groups is 1. The molecule has 19 heavy (non-hydrogen) atoms. The summed E-state index contributed by atoms with van der Waals surface area (Å²) in [6.45, 7) is 3.95. The molecule has 1 aliphatic rings. The molecule has 1 aromatic rings. The van der Waals surface area contributed by atoms with E-state index in [-0.39, 0.29) is 0 Å². The van der Waals surface area contributed by atoms with E-state index in [1.807, 2.05) is 31.0 Å². The molecule has 5 heteroatoms. The van der Waals surface area contributed by atoms with Crippen molar-refractivity contribution >= 4 is 5.97 Å². The maximum atomic E-state index is 11.5. The van der Waals surface area contributed by atoms with Crippen molar-refractivity contribution < 1.29 is 19.1 Å². The second-order valence-corrected chi connectivity index (χ2v) is 5.43. The average molecular weight is 267 g/mol. The number of ether oxygens (including phenoxy) is 1. The highest BCUT2D eigenvalue weighted by Crippen LogP contribution is 2.30. The molecule has 106 valence electrons. The molecule has 1 aliphatic heterocycles. The van der Waals surface area contributed by atoms with Crippen molar-refractivity contribution in [3.8, 4) is 0 Å². The van der Waals surface area contributed by atoms with Crippen molar-refractivity contribution in [3.63, 3.8) is 0 Å². The molecule has 1 aromatic heterocycles. The molecular weight excluding hydrogens is 246 g/mol. The number of carboxylic acids is 1. The van der Waals surface area contributed by atoms with Gasteiger partial charge in [0.25, 0.3) is 0 Å². The van der Waals surface area contributed by atoms with Gasteiger partial charge in [0.05, 0.1) is 13.2 Å². The molecule has 1 N–H and O–H groups in total. The first-order valence-corrected chi connectivity index (χ1v) is 6.57. The Balaban J connectivity index is 1.98. The average Bonchev–Trinajstić information content (AvgIpc) is 2.75. The van der Waals surface area contributed by atoms with Gasteiger partial charge in [0, 0.05) is 13.2 Å². The van der Waals surface area contributed by atoms with Gasteiger partial charge in [-0.1, -0.05) is 0 Å². The van der Waals surface area contributed by atoms with E-state index < -0.39 is 11.4 Å².